The summed E-state index contributed by atoms with van der Waals surface area (Å²) < 4.78 is 35.1. The minimum absolute atomic E-state index is 0.122. The fourth-order valence-electron chi connectivity index (χ4n) is 2.67. The molecule has 0 saturated heterocycles. The number of amides is 1. The Bertz CT molecular complexity index is 884. The van der Waals surface area contributed by atoms with E-state index in [-0.39, 0.29) is 10.6 Å². The molecule has 134 valence electrons. The SMILES string of the molecule is COc1ccc(OC)c(S(=O)(=O)NNC(=O)c2cc3c(s2)CCC3)c1. The molecule has 7 nitrogen and oxygen atoms in total. The molecule has 1 aromatic carbocycles. The maximum atomic E-state index is 12.5. The van der Waals surface area contributed by atoms with Gasteiger partial charge in [-0.25, -0.2) is 8.42 Å². The number of nitrogens with one attached hydrogen (secondary N) is 2. The Labute approximate surface area is 150 Å². The summed E-state index contributed by atoms with van der Waals surface area (Å²) in [6.45, 7) is 0. The van der Waals surface area contributed by atoms with Crippen molar-refractivity contribution in [3.8, 4) is 11.5 Å². The average molecular weight is 382 g/mol. The molecule has 1 aliphatic rings. The molecule has 0 aliphatic heterocycles. The molecule has 25 heavy (non-hydrogen) atoms. The summed E-state index contributed by atoms with van der Waals surface area (Å²) in [6.07, 6.45) is 3.04. The second-order valence-electron chi connectivity index (χ2n) is 5.49. The van der Waals surface area contributed by atoms with Crippen LogP contribution in [0.1, 0.15) is 26.5 Å². The smallest absolute Gasteiger partial charge is 0.276 e. The van der Waals surface area contributed by atoms with Gasteiger partial charge >= 0.3 is 0 Å². The third-order valence-electron chi connectivity index (χ3n) is 3.93. The Morgan fingerprint density at radius 2 is 1.96 bits per heavy atom. The number of hydrogen-bond acceptors (Lipinski definition) is 6. The number of hydrazine groups is 1. The normalized spacial score (nSPS) is 13.4. The first kappa shape index (κ1) is 17.7. The van der Waals surface area contributed by atoms with Crippen LogP contribution in [0.5, 0.6) is 11.5 Å². The Balaban J connectivity index is 1.76. The van der Waals surface area contributed by atoms with Gasteiger partial charge in [0.1, 0.15) is 16.4 Å². The fraction of sp³-hybridized carbons (Fsp3) is 0.312. The molecule has 0 fully saturated rings. The number of sulfonamides is 1. The number of ether oxygens (including phenoxy) is 2. The number of benzene rings is 1. The maximum absolute atomic E-state index is 12.5. The van der Waals surface area contributed by atoms with Gasteiger partial charge in [0.05, 0.1) is 19.1 Å². The van der Waals surface area contributed by atoms with Gasteiger partial charge in [0, 0.05) is 10.9 Å². The van der Waals surface area contributed by atoms with E-state index in [1.54, 1.807) is 6.07 Å². The van der Waals surface area contributed by atoms with Crippen molar-refractivity contribution in [2.24, 2.45) is 0 Å². The maximum Gasteiger partial charge on any atom is 0.276 e. The Morgan fingerprint density at radius 3 is 2.64 bits per heavy atom. The van der Waals surface area contributed by atoms with Gasteiger partial charge in [-0.05, 0) is 43.0 Å². The molecule has 9 heteroatoms. The molecule has 0 saturated carbocycles. The van der Waals surface area contributed by atoms with Crippen molar-refractivity contribution in [2.45, 2.75) is 24.2 Å². The van der Waals surface area contributed by atoms with Crippen molar-refractivity contribution < 1.29 is 22.7 Å². The van der Waals surface area contributed by atoms with E-state index in [4.69, 9.17) is 9.47 Å². The monoisotopic (exact) mass is 382 g/mol. The van der Waals surface area contributed by atoms with E-state index in [9.17, 15) is 13.2 Å². The van der Waals surface area contributed by atoms with Crippen LogP contribution in [-0.2, 0) is 22.9 Å². The topological polar surface area (TPSA) is 93.7 Å². The van der Waals surface area contributed by atoms with E-state index in [1.165, 1.54) is 48.1 Å². The predicted molar refractivity (Wildman–Crippen MR) is 93.7 cm³/mol. The first-order valence-corrected chi connectivity index (χ1v) is 9.90. The largest absolute Gasteiger partial charge is 0.497 e. The Morgan fingerprint density at radius 1 is 1.16 bits per heavy atom. The van der Waals surface area contributed by atoms with Gasteiger partial charge in [-0.3, -0.25) is 10.2 Å². The van der Waals surface area contributed by atoms with Crippen LogP contribution in [0.3, 0.4) is 0 Å². The van der Waals surface area contributed by atoms with Crippen molar-refractivity contribution in [1.29, 1.82) is 0 Å². The van der Waals surface area contributed by atoms with Gasteiger partial charge in [0.25, 0.3) is 15.9 Å². The van der Waals surface area contributed by atoms with E-state index in [0.717, 1.165) is 19.3 Å². The summed E-state index contributed by atoms with van der Waals surface area (Å²) in [5, 5.41) is 0. The van der Waals surface area contributed by atoms with E-state index < -0.39 is 15.9 Å². The van der Waals surface area contributed by atoms with Crippen LogP contribution in [0.2, 0.25) is 0 Å². The lowest BCUT2D eigenvalue weighted by molar-refractivity contribution is 0.0949. The lowest BCUT2D eigenvalue weighted by Gasteiger charge is -2.12. The second kappa shape index (κ2) is 7.03. The zero-order valence-corrected chi connectivity index (χ0v) is 15.4. The fourth-order valence-corrected chi connectivity index (χ4v) is 4.84. The first-order chi connectivity index (χ1) is 11.9. The highest BCUT2D eigenvalue weighted by molar-refractivity contribution is 7.89. The lowest BCUT2D eigenvalue weighted by atomic mass is 10.2. The molecule has 1 heterocycles. The number of hydrogen-bond donors (Lipinski definition) is 2. The molecule has 0 spiro atoms. The second-order valence-corrected chi connectivity index (χ2v) is 8.28. The lowest BCUT2D eigenvalue weighted by Crippen LogP contribution is -2.41. The molecular formula is C16H18N2O5S2. The van der Waals surface area contributed by atoms with E-state index in [2.05, 4.69) is 10.3 Å². The van der Waals surface area contributed by atoms with Crippen molar-refractivity contribution in [1.82, 2.24) is 10.3 Å². The number of carbonyl (C=O) groups is 1. The van der Waals surface area contributed by atoms with Gasteiger partial charge in [0.15, 0.2) is 0 Å². The van der Waals surface area contributed by atoms with Crippen molar-refractivity contribution in [3.63, 3.8) is 0 Å². The zero-order valence-electron chi connectivity index (χ0n) is 13.8. The summed E-state index contributed by atoms with van der Waals surface area (Å²) in [6, 6.07) is 6.22. The highest BCUT2D eigenvalue weighted by Crippen LogP contribution is 2.31. The molecule has 1 amide bonds. The summed E-state index contributed by atoms with van der Waals surface area (Å²) in [7, 11) is -1.21. The summed E-state index contributed by atoms with van der Waals surface area (Å²) in [5.74, 6) is 0.0321. The average Bonchev–Trinajstić information content (AvgIpc) is 3.21. The standard InChI is InChI=1S/C16H18N2O5S2/c1-22-11-6-7-12(23-2)15(9-11)25(20,21)18-17-16(19)14-8-10-4-3-5-13(10)24-14/h6-9,18H,3-5H2,1-2H3,(H,17,19). The van der Waals surface area contributed by atoms with E-state index in [1.807, 2.05) is 6.07 Å². The number of thiophene rings is 1. The minimum atomic E-state index is -4.02. The van der Waals surface area contributed by atoms with Crippen LogP contribution in [-0.4, -0.2) is 28.5 Å². The molecule has 0 atom stereocenters. The summed E-state index contributed by atoms with van der Waals surface area (Å²) in [5.41, 5.74) is 3.43. The minimum Gasteiger partial charge on any atom is -0.497 e. The molecule has 3 rings (SSSR count). The zero-order chi connectivity index (χ0) is 18.0. The number of carbonyl (C=O) groups excluding carboxylic acids is 1. The highest BCUT2D eigenvalue weighted by Gasteiger charge is 2.23. The molecular weight excluding hydrogens is 364 g/mol. The van der Waals surface area contributed by atoms with Crippen LogP contribution in [0.25, 0.3) is 0 Å². The quantitative estimate of drug-likeness (QED) is 0.744. The third kappa shape index (κ3) is 3.63. The molecule has 2 aromatic rings. The Hall–Kier alpha value is -2.10. The van der Waals surface area contributed by atoms with Gasteiger partial charge < -0.3 is 9.47 Å². The summed E-state index contributed by atoms with van der Waals surface area (Å²) >= 11 is 1.40. The number of rotatable bonds is 6. The van der Waals surface area contributed by atoms with Crippen molar-refractivity contribution in [3.05, 3.63) is 39.6 Å². The summed E-state index contributed by atoms with van der Waals surface area (Å²) in [4.78, 5) is 15.9. The van der Waals surface area contributed by atoms with Crippen molar-refractivity contribution in [2.75, 3.05) is 14.2 Å². The molecule has 0 radical (unpaired) electrons. The van der Waals surface area contributed by atoms with E-state index >= 15 is 0 Å². The molecule has 1 aromatic heterocycles. The Kier molecular flexibility index (Phi) is 4.98. The predicted octanol–water partition coefficient (Wildman–Crippen LogP) is 1.88. The number of fused-ring (bicyclic) bond motifs is 1. The van der Waals surface area contributed by atoms with Gasteiger partial charge in [-0.1, -0.05) is 0 Å². The van der Waals surface area contributed by atoms with Gasteiger partial charge in [0.2, 0.25) is 0 Å². The third-order valence-corrected chi connectivity index (χ3v) is 6.43. The molecule has 1 aliphatic carbocycles. The van der Waals surface area contributed by atoms with Crippen LogP contribution >= 0.6 is 11.3 Å². The first-order valence-electron chi connectivity index (χ1n) is 7.60. The molecule has 2 N–H and O–H groups in total. The van der Waals surface area contributed by atoms with Crippen molar-refractivity contribution >= 4 is 27.3 Å². The van der Waals surface area contributed by atoms with Crippen LogP contribution in [0.4, 0.5) is 0 Å². The van der Waals surface area contributed by atoms with Gasteiger partial charge in [-0.15, -0.1) is 16.2 Å². The van der Waals surface area contributed by atoms with Gasteiger partial charge in [-0.2, -0.15) is 0 Å². The van der Waals surface area contributed by atoms with E-state index in [0.29, 0.717) is 10.6 Å². The molecule has 0 unspecified atom stereocenters. The molecule has 0 bridgehead atoms. The van der Waals surface area contributed by atoms with Crippen LogP contribution in [0, 0.1) is 0 Å². The number of methoxy groups -OCH3 is 2. The number of aryl methyl sites for hydroxylation is 2. The van der Waals surface area contributed by atoms with Crippen LogP contribution in [0.15, 0.2) is 29.2 Å². The highest BCUT2D eigenvalue weighted by atomic mass is 32.2. The van der Waals surface area contributed by atoms with Crippen LogP contribution < -0.4 is 19.7 Å².